The van der Waals surface area contributed by atoms with Crippen LogP contribution in [0.25, 0.3) is 0 Å². The van der Waals surface area contributed by atoms with Gasteiger partial charge in [0.15, 0.2) is 0 Å². The van der Waals surface area contributed by atoms with Crippen molar-refractivity contribution >= 4 is 5.91 Å². The third-order valence-electron chi connectivity index (χ3n) is 6.05. The summed E-state index contributed by atoms with van der Waals surface area (Å²) in [5.74, 6) is -0.227. The topological polar surface area (TPSA) is 32.3 Å². The van der Waals surface area contributed by atoms with Gasteiger partial charge in [0, 0.05) is 25.2 Å². The lowest BCUT2D eigenvalue weighted by Gasteiger charge is -2.42. The molecule has 0 aromatic heterocycles. The highest BCUT2D eigenvalue weighted by Gasteiger charge is 2.51. The van der Waals surface area contributed by atoms with Crippen LogP contribution in [0.4, 0.5) is 8.78 Å². The Kier molecular flexibility index (Phi) is 3.63. The van der Waals surface area contributed by atoms with Crippen molar-refractivity contribution in [3.8, 4) is 0 Å². The minimum absolute atomic E-state index is 0.140. The van der Waals surface area contributed by atoms with Crippen LogP contribution in [0.3, 0.4) is 0 Å². The highest BCUT2D eigenvalue weighted by atomic mass is 19.1. The molecule has 1 amide bonds. The molecule has 1 aromatic rings. The molecule has 0 unspecified atom stereocenters. The van der Waals surface area contributed by atoms with Gasteiger partial charge in [-0.05, 0) is 49.4 Å². The summed E-state index contributed by atoms with van der Waals surface area (Å²) in [5, 5.41) is 3.38. The third-order valence-corrected chi connectivity index (χ3v) is 6.05. The summed E-state index contributed by atoms with van der Waals surface area (Å²) in [4.78, 5) is 15.0. The second-order valence-corrected chi connectivity index (χ2v) is 7.19. The van der Waals surface area contributed by atoms with E-state index in [1.165, 1.54) is 18.6 Å². The minimum atomic E-state index is -0.402. The van der Waals surface area contributed by atoms with E-state index in [-0.39, 0.29) is 23.7 Å². The Morgan fingerprint density at radius 3 is 2.83 bits per heavy atom. The predicted octanol–water partition coefficient (Wildman–Crippen LogP) is 2.63. The fourth-order valence-electron chi connectivity index (χ4n) is 4.75. The Hall–Kier alpha value is -1.49. The molecule has 1 saturated carbocycles. The Morgan fingerprint density at radius 1 is 1.22 bits per heavy atom. The number of carbonyl (C=O) groups is 1. The fourth-order valence-corrected chi connectivity index (χ4v) is 4.75. The largest absolute Gasteiger partial charge is 0.337 e. The average molecular weight is 320 g/mol. The first-order valence-corrected chi connectivity index (χ1v) is 8.58. The predicted molar refractivity (Wildman–Crippen MR) is 82.7 cm³/mol. The third kappa shape index (κ3) is 2.28. The Morgan fingerprint density at radius 2 is 2.00 bits per heavy atom. The van der Waals surface area contributed by atoms with Crippen LogP contribution in [0, 0.1) is 23.0 Å². The second kappa shape index (κ2) is 5.55. The van der Waals surface area contributed by atoms with Crippen molar-refractivity contribution in [3.63, 3.8) is 0 Å². The lowest BCUT2D eigenvalue weighted by molar-refractivity contribution is -0.146. The van der Waals surface area contributed by atoms with Crippen LogP contribution in [0.2, 0.25) is 0 Å². The first-order valence-electron chi connectivity index (χ1n) is 8.58. The van der Waals surface area contributed by atoms with Gasteiger partial charge in [-0.1, -0.05) is 12.8 Å². The summed E-state index contributed by atoms with van der Waals surface area (Å²) < 4.78 is 27.9. The molecule has 3 aliphatic rings. The molecule has 2 aliphatic heterocycles. The molecule has 3 nitrogen and oxygen atoms in total. The maximum Gasteiger partial charge on any atom is 0.230 e. The summed E-state index contributed by atoms with van der Waals surface area (Å²) in [6.07, 6.45) is 4.67. The number of rotatable bonds is 1. The van der Waals surface area contributed by atoms with Gasteiger partial charge in [0.2, 0.25) is 5.91 Å². The number of hydrogen-bond donors (Lipinski definition) is 1. The number of nitrogens with one attached hydrogen (secondary N) is 1. The number of fused-ring (bicyclic) bond motifs is 2. The van der Waals surface area contributed by atoms with Crippen LogP contribution in [0.15, 0.2) is 12.1 Å². The van der Waals surface area contributed by atoms with E-state index in [4.69, 9.17) is 0 Å². The Labute approximate surface area is 135 Å². The summed E-state index contributed by atoms with van der Waals surface area (Å²) in [6, 6.07) is 2.35. The zero-order valence-corrected chi connectivity index (χ0v) is 13.2. The van der Waals surface area contributed by atoms with Crippen molar-refractivity contribution in [2.45, 2.75) is 38.6 Å². The van der Waals surface area contributed by atoms with Crippen LogP contribution in [0.5, 0.6) is 0 Å². The van der Waals surface area contributed by atoms with Gasteiger partial charge in [-0.15, -0.1) is 0 Å². The van der Waals surface area contributed by atoms with Gasteiger partial charge in [-0.3, -0.25) is 4.79 Å². The first kappa shape index (κ1) is 15.1. The minimum Gasteiger partial charge on any atom is -0.337 e. The Balaban J connectivity index is 1.62. The smallest absolute Gasteiger partial charge is 0.230 e. The Bertz CT molecular complexity index is 648. The number of carbonyl (C=O) groups excluding carboxylic acids is 1. The van der Waals surface area contributed by atoms with Crippen molar-refractivity contribution in [2.24, 2.45) is 11.3 Å². The number of benzene rings is 1. The molecular weight excluding hydrogens is 298 g/mol. The van der Waals surface area contributed by atoms with E-state index in [0.717, 1.165) is 32.4 Å². The molecule has 0 radical (unpaired) electrons. The van der Waals surface area contributed by atoms with Gasteiger partial charge in [-0.25, -0.2) is 8.78 Å². The van der Waals surface area contributed by atoms with Crippen LogP contribution >= 0.6 is 0 Å². The molecular formula is C18H22F2N2O. The van der Waals surface area contributed by atoms with E-state index in [9.17, 15) is 13.6 Å². The second-order valence-electron chi connectivity index (χ2n) is 7.19. The number of amides is 1. The van der Waals surface area contributed by atoms with Gasteiger partial charge < -0.3 is 10.2 Å². The normalized spacial score (nSPS) is 30.0. The molecule has 0 bridgehead atoms. The van der Waals surface area contributed by atoms with Gasteiger partial charge in [0.1, 0.15) is 11.6 Å². The molecule has 2 fully saturated rings. The first-order chi connectivity index (χ1) is 11.1. The molecule has 124 valence electrons. The van der Waals surface area contributed by atoms with Crippen molar-refractivity contribution in [3.05, 3.63) is 34.9 Å². The fraction of sp³-hybridized carbons (Fsp3) is 0.611. The highest BCUT2D eigenvalue weighted by molar-refractivity contribution is 5.84. The summed E-state index contributed by atoms with van der Waals surface area (Å²) in [7, 11) is 0. The molecule has 4 rings (SSSR count). The molecule has 1 aliphatic carbocycles. The van der Waals surface area contributed by atoms with Crippen molar-refractivity contribution in [2.75, 3.05) is 19.6 Å². The molecule has 5 heteroatoms. The standard InChI is InChI=1S/C18H22F2N2O/c19-15-4-5-16(20)14-10-22(8-6-13(14)15)17(23)18-7-2-1-3-12(18)9-21-11-18/h4-5,12,21H,1-3,6-11H2/t12-,18+/m0/s1. The van der Waals surface area contributed by atoms with Crippen molar-refractivity contribution in [1.82, 2.24) is 10.2 Å². The van der Waals surface area contributed by atoms with Crippen LogP contribution in [-0.4, -0.2) is 30.4 Å². The number of hydrogen-bond acceptors (Lipinski definition) is 2. The van der Waals surface area contributed by atoms with Crippen molar-refractivity contribution < 1.29 is 13.6 Å². The summed E-state index contributed by atoms with van der Waals surface area (Å²) in [6.45, 7) is 2.32. The van der Waals surface area contributed by atoms with E-state index in [2.05, 4.69) is 5.32 Å². The molecule has 23 heavy (non-hydrogen) atoms. The lowest BCUT2D eigenvalue weighted by atomic mass is 9.67. The summed E-state index contributed by atoms with van der Waals surface area (Å²) >= 11 is 0. The molecule has 0 spiro atoms. The van der Waals surface area contributed by atoms with Gasteiger partial charge in [0.25, 0.3) is 0 Å². The van der Waals surface area contributed by atoms with Gasteiger partial charge >= 0.3 is 0 Å². The maximum atomic E-state index is 14.1. The summed E-state index contributed by atoms with van der Waals surface area (Å²) in [5.41, 5.74) is 0.482. The molecule has 2 heterocycles. The van der Waals surface area contributed by atoms with Crippen LogP contribution in [0.1, 0.15) is 36.8 Å². The van der Waals surface area contributed by atoms with E-state index < -0.39 is 5.82 Å². The van der Waals surface area contributed by atoms with E-state index in [0.29, 0.717) is 30.0 Å². The zero-order chi connectivity index (χ0) is 16.0. The average Bonchev–Trinajstić information content (AvgIpc) is 3.02. The van der Waals surface area contributed by atoms with E-state index >= 15 is 0 Å². The van der Waals surface area contributed by atoms with E-state index in [1.807, 2.05) is 0 Å². The molecule has 2 atom stereocenters. The van der Waals surface area contributed by atoms with Crippen LogP contribution in [-0.2, 0) is 17.8 Å². The zero-order valence-electron chi connectivity index (χ0n) is 13.2. The molecule has 1 saturated heterocycles. The van der Waals surface area contributed by atoms with Gasteiger partial charge in [0.05, 0.1) is 5.41 Å². The maximum absolute atomic E-state index is 14.1. The molecule has 1 aromatic carbocycles. The van der Waals surface area contributed by atoms with Crippen LogP contribution < -0.4 is 5.32 Å². The quantitative estimate of drug-likeness (QED) is 0.863. The highest BCUT2D eigenvalue weighted by Crippen LogP contribution is 2.45. The van der Waals surface area contributed by atoms with E-state index in [1.54, 1.807) is 4.90 Å². The van der Waals surface area contributed by atoms with Gasteiger partial charge in [-0.2, -0.15) is 0 Å². The SMILES string of the molecule is O=C(N1CCc2c(F)ccc(F)c2C1)[C@@]12CCCC[C@H]1CNC2. The number of halogens is 2. The molecule has 1 N–H and O–H groups in total. The number of nitrogens with zero attached hydrogens (tertiary/aromatic N) is 1. The monoisotopic (exact) mass is 320 g/mol. The lowest BCUT2D eigenvalue weighted by Crippen LogP contribution is -2.51. The van der Waals surface area contributed by atoms with Crippen molar-refractivity contribution in [1.29, 1.82) is 0 Å².